The Balaban J connectivity index is 1.56. The fraction of sp³-hybridized carbons (Fsp3) is 0.176. The molecule has 0 radical (unpaired) electrons. The third kappa shape index (κ3) is 4.67. The highest BCUT2D eigenvalue weighted by molar-refractivity contribution is 7.90. The topological polar surface area (TPSA) is 183 Å². The molecule has 0 fully saturated rings. The number of non-ortho nitro benzene ring substituents is 1. The molecule has 3 aromatic rings. The summed E-state index contributed by atoms with van der Waals surface area (Å²) in [6, 6.07) is 8.14. The van der Waals surface area contributed by atoms with Gasteiger partial charge >= 0.3 is 0 Å². The Morgan fingerprint density at radius 1 is 1.24 bits per heavy atom. The molecule has 0 unspecified atom stereocenters. The highest BCUT2D eigenvalue weighted by Gasteiger charge is 2.34. The molecule has 0 saturated heterocycles. The summed E-state index contributed by atoms with van der Waals surface area (Å²) in [5.41, 5.74) is 1.03. The summed E-state index contributed by atoms with van der Waals surface area (Å²) in [5.74, 6) is 0. The number of primary sulfonamides is 1. The second kappa shape index (κ2) is 8.35. The van der Waals surface area contributed by atoms with Gasteiger partial charge in [-0.15, -0.1) is 5.10 Å². The molecule has 0 saturated carbocycles. The number of nitro benzene ring substituents is 1. The van der Waals surface area contributed by atoms with Crippen molar-refractivity contribution in [3.63, 3.8) is 0 Å². The first-order valence-corrected chi connectivity index (χ1v) is 12.5. The standard InChI is InChI=1S/C17H16ClN7O6S2/c18-14-5-15-17(6-16(14)32(19,28)29)33(30,31)24(10-20-15)9-12-8-23(22-21-12)7-11-2-1-3-13(4-11)25(26)27/h1-6,8,20H,7,9-10H2,(H2,19,28,29). The van der Waals surface area contributed by atoms with E-state index < -0.39 is 29.9 Å². The largest absolute Gasteiger partial charge is 0.370 e. The van der Waals surface area contributed by atoms with Crippen molar-refractivity contribution >= 4 is 43.0 Å². The molecule has 1 aliphatic rings. The zero-order valence-electron chi connectivity index (χ0n) is 16.6. The molecule has 1 aliphatic heterocycles. The van der Waals surface area contributed by atoms with Crippen LogP contribution in [0, 0.1) is 10.1 Å². The van der Waals surface area contributed by atoms with E-state index in [1.54, 1.807) is 12.1 Å². The van der Waals surface area contributed by atoms with Gasteiger partial charge in [-0.3, -0.25) is 10.1 Å². The molecule has 3 N–H and O–H groups in total. The van der Waals surface area contributed by atoms with Crippen LogP contribution in [0.5, 0.6) is 0 Å². The maximum atomic E-state index is 13.1. The number of rotatable bonds is 6. The molecule has 0 amide bonds. The van der Waals surface area contributed by atoms with E-state index in [1.807, 2.05) is 0 Å². The first kappa shape index (κ1) is 23.1. The van der Waals surface area contributed by atoms with Crippen LogP contribution in [0.2, 0.25) is 5.02 Å². The monoisotopic (exact) mass is 513 g/mol. The van der Waals surface area contributed by atoms with Crippen molar-refractivity contribution in [2.75, 3.05) is 12.0 Å². The Morgan fingerprint density at radius 2 is 2.00 bits per heavy atom. The zero-order valence-corrected chi connectivity index (χ0v) is 19.0. The van der Waals surface area contributed by atoms with Crippen molar-refractivity contribution in [3.05, 3.63) is 69.0 Å². The van der Waals surface area contributed by atoms with E-state index in [4.69, 9.17) is 16.7 Å². The van der Waals surface area contributed by atoms with Gasteiger partial charge in [-0.1, -0.05) is 28.9 Å². The maximum Gasteiger partial charge on any atom is 0.269 e. The number of halogens is 1. The van der Waals surface area contributed by atoms with Crippen molar-refractivity contribution in [1.29, 1.82) is 0 Å². The smallest absolute Gasteiger partial charge is 0.269 e. The van der Waals surface area contributed by atoms with Crippen LogP contribution in [0.1, 0.15) is 11.3 Å². The fourth-order valence-corrected chi connectivity index (χ4v) is 5.93. The summed E-state index contributed by atoms with van der Waals surface area (Å²) in [4.78, 5) is 9.64. The van der Waals surface area contributed by atoms with E-state index in [2.05, 4.69) is 15.6 Å². The summed E-state index contributed by atoms with van der Waals surface area (Å²) < 4.78 is 52.1. The number of anilines is 1. The number of sulfonamides is 2. The number of hydrogen-bond donors (Lipinski definition) is 2. The number of nitrogens with two attached hydrogens (primary N) is 1. The second-order valence-electron chi connectivity index (χ2n) is 7.11. The van der Waals surface area contributed by atoms with Gasteiger partial charge in [0.2, 0.25) is 20.0 Å². The van der Waals surface area contributed by atoms with Crippen molar-refractivity contribution in [3.8, 4) is 0 Å². The van der Waals surface area contributed by atoms with Crippen LogP contribution in [0.15, 0.2) is 52.4 Å². The predicted octanol–water partition coefficient (Wildman–Crippen LogP) is 1.11. The molecular formula is C17H16ClN7O6S2. The van der Waals surface area contributed by atoms with Crippen LogP contribution in [-0.2, 0) is 33.1 Å². The SMILES string of the molecule is NS(=O)(=O)c1cc2c(cc1Cl)NCN(Cc1cn(Cc3cccc([N+](=O)[O-])c3)nn1)S2(=O)=O. The Hall–Kier alpha value is -3.11. The molecule has 1 aromatic heterocycles. The Labute approximate surface area is 193 Å². The fourth-order valence-electron chi connectivity index (χ4n) is 3.27. The highest BCUT2D eigenvalue weighted by Crippen LogP contribution is 2.35. The second-order valence-corrected chi connectivity index (χ2v) is 11.0. The van der Waals surface area contributed by atoms with E-state index in [0.717, 1.165) is 10.4 Å². The molecule has 2 aromatic carbocycles. The lowest BCUT2D eigenvalue weighted by molar-refractivity contribution is -0.384. The van der Waals surface area contributed by atoms with E-state index in [1.165, 1.54) is 29.1 Å². The van der Waals surface area contributed by atoms with Crippen molar-refractivity contribution in [2.24, 2.45) is 5.14 Å². The minimum absolute atomic E-state index is 0.0593. The van der Waals surface area contributed by atoms with Crippen LogP contribution in [-0.4, -0.2) is 47.7 Å². The first-order valence-electron chi connectivity index (χ1n) is 9.18. The van der Waals surface area contributed by atoms with E-state index >= 15 is 0 Å². The average molecular weight is 514 g/mol. The van der Waals surface area contributed by atoms with Gasteiger partial charge in [0.25, 0.3) is 5.69 Å². The van der Waals surface area contributed by atoms with Crippen LogP contribution in [0.3, 0.4) is 0 Å². The molecule has 16 heteroatoms. The normalized spacial score (nSPS) is 15.6. The minimum Gasteiger partial charge on any atom is -0.370 e. The van der Waals surface area contributed by atoms with Gasteiger partial charge in [-0.25, -0.2) is 26.7 Å². The van der Waals surface area contributed by atoms with Gasteiger partial charge in [-0.05, 0) is 17.7 Å². The lowest BCUT2D eigenvalue weighted by atomic mass is 10.2. The van der Waals surface area contributed by atoms with Crippen LogP contribution < -0.4 is 10.5 Å². The molecule has 0 atom stereocenters. The summed E-state index contributed by atoms with van der Waals surface area (Å²) >= 11 is 5.94. The molecule has 0 bridgehead atoms. The van der Waals surface area contributed by atoms with Gasteiger partial charge in [0.15, 0.2) is 0 Å². The minimum atomic E-state index is -4.24. The van der Waals surface area contributed by atoms with Crippen molar-refractivity contribution in [1.82, 2.24) is 19.3 Å². The number of nitro groups is 1. The first-order chi connectivity index (χ1) is 15.4. The summed E-state index contributed by atoms with van der Waals surface area (Å²) in [7, 11) is -8.34. The van der Waals surface area contributed by atoms with Gasteiger partial charge in [0.05, 0.1) is 47.3 Å². The molecule has 33 heavy (non-hydrogen) atoms. The molecule has 0 spiro atoms. The van der Waals surface area contributed by atoms with E-state index in [-0.39, 0.29) is 41.1 Å². The summed E-state index contributed by atoms with van der Waals surface area (Å²) in [5, 5.41) is 26.6. The zero-order chi connectivity index (χ0) is 24.0. The molecule has 4 rings (SSSR count). The number of hydrogen-bond acceptors (Lipinski definition) is 9. The van der Waals surface area contributed by atoms with Crippen molar-refractivity contribution < 1.29 is 21.8 Å². The van der Waals surface area contributed by atoms with Gasteiger partial charge < -0.3 is 5.32 Å². The number of fused-ring (bicyclic) bond motifs is 1. The maximum absolute atomic E-state index is 13.1. The molecule has 0 aliphatic carbocycles. The quantitative estimate of drug-likeness (QED) is 0.360. The van der Waals surface area contributed by atoms with Crippen LogP contribution in [0.4, 0.5) is 11.4 Å². The molecule has 2 heterocycles. The summed E-state index contributed by atoms with van der Waals surface area (Å²) in [6.07, 6.45) is 1.52. The Kier molecular flexibility index (Phi) is 5.83. The molecular weight excluding hydrogens is 498 g/mol. The Bertz CT molecular complexity index is 1470. The lowest BCUT2D eigenvalue weighted by Gasteiger charge is -2.29. The summed E-state index contributed by atoms with van der Waals surface area (Å²) in [6.45, 7) is -0.0755. The van der Waals surface area contributed by atoms with Gasteiger partial charge in [-0.2, -0.15) is 4.31 Å². The van der Waals surface area contributed by atoms with Crippen molar-refractivity contribution in [2.45, 2.75) is 22.9 Å². The number of nitrogens with one attached hydrogen (secondary N) is 1. The number of nitrogens with zero attached hydrogens (tertiary/aromatic N) is 5. The highest BCUT2D eigenvalue weighted by atomic mass is 35.5. The molecule has 13 nitrogen and oxygen atoms in total. The van der Waals surface area contributed by atoms with Crippen LogP contribution in [0.25, 0.3) is 0 Å². The third-order valence-corrected chi connectivity index (χ3v) is 8.00. The Morgan fingerprint density at radius 3 is 2.70 bits per heavy atom. The lowest BCUT2D eigenvalue weighted by Crippen LogP contribution is -2.39. The van der Waals surface area contributed by atoms with E-state index in [9.17, 15) is 26.9 Å². The van der Waals surface area contributed by atoms with Gasteiger partial charge in [0.1, 0.15) is 9.79 Å². The molecule has 174 valence electrons. The predicted molar refractivity (Wildman–Crippen MR) is 116 cm³/mol. The average Bonchev–Trinajstić information content (AvgIpc) is 3.16. The number of benzene rings is 2. The van der Waals surface area contributed by atoms with Crippen LogP contribution >= 0.6 is 11.6 Å². The number of aromatic nitrogens is 3. The third-order valence-electron chi connectivity index (χ3n) is 4.79. The van der Waals surface area contributed by atoms with E-state index in [0.29, 0.717) is 11.3 Å². The van der Waals surface area contributed by atoms with Gasteiger partial charge in [0, 0.05) is 12.1 Å².